The summed E-state index contributed by atoms with van der Waals surface area (Å²) >= 11 is 0. The topological polar surface area (TPSA) is 0 Å². The fraction of sp³-hybridized carbons (Fsp3) is 0.368. The summed E-state index contributed by atoms with van der Waals surface area (Å²) in [6.45, 7) is 4.49. The van der Waals surface area contributed by atoms with Gasteiger partial charge in [-0.15, -0.1) is 0 Å². The molecule has 0 heteroatoms. The molecule has 0 radical (unpaired) electrons. The van der Waals surface area contributed by atoms with Gasteiger partial charge in [-0.05, 0) is 0 Å². The van der Waals surface area contributed by atoms with Gasteiger partial charge in [0, 0.05) is 0 Å². The lowest BCUT2D eigenvalue weighted by Crippen LogP contribution is -1.70. The van der Waals surface area contributed by atoms with E-state index in [1.54, 1.807) is 0 Å². The van der Waals surface area contributed by atoms with E-state index >= 15 is 0 Å². The van der Waals surface area contributed by atoms with Gasteiger partial charge in [0.15, 0.2) is 0 Å². The van der Waals surface area contributed by atoms with Gasteiger partial charge in [0.05, 0.1) is 0 Å². The van der Waals surface area contributed by atoms with Crippen LogP contribution in [0.25, 0.3) is 0 Å². The molecule has 0 fully saturated rings. The summed E-state index contributed by atoms with van der Waals surface area (Å²) < 4.78 is 0. The van der Waals surface area contributed by atoms with Gasteiger partial charge < -0.3 is 0 Å². The number of benzene rings is 2. The van der Waals surface area contributed by atoms with Crippen molar-refractivity contribution in [2.24, 2.45) is 0 Å². The Morgan fingerprint density at radius 3 is 0.737 bits per heavy atom. The highest BCUT2D eigenvalue weighted by atomic mass is 13.9. The zero-order valence-corrected chi connectivity index (χ0v) is 12.5. The highest BCUT2D eigenvalue weighted by Gasteiger charge is 1.80. The highest BCUT2D eigenvalue weighted by Crippen LogP contribution is 2.00. The van der Waals surface area contributed by atoms with Crippen LogP contribution in [0.1, 0.15) is 46.0 Å². The quantitative estimate of drug-likeness (QED) is 0.559. The van der Waals surface area contributed by atoms with Gasteiger partial charge in [-0.1, -0.05) is 119 Å². The van der Waals surface area contributed by atoms with E-state index in [1.807, 2.05) is 72.8 Å². The second-order valence-electron chi connectivity index (χ2n) is 4.37. The smallest absolute Gasteiger partial charge is 0.0533 e. The molecule has 0 spiro atoms. The summed E-state index contributed by atoms with van der Waals surface area (Å²) in [7, 11) is 0. The molecule has 2 rings (SSSR count). The molecule has 0 bridgehead atoms. The Hall–Kier alpha value is -1.56. The molecule has 2 aromatic carbocycles. The molecule has 0 aliphatic rings. The zero-order chi connectivity index (χ0) is 14.0. The first-order valence-electron chi connectivity index (χ1n) is 7.41. The Kier molecular flexibility index (Phi) is 15.1. The third kappa shape index (κ3) is 16.4. The van der Waals surface area contributed by atoms with Crippen LogP contribution in [0.2, 0.25) is 0 Å². The summed E-state index contributed by atoms with van der Waals surface area (Å²) in [4.78, 5) is 0. The average Bonchev–Trinajstić information content (AvgIpc) is 2.53. The highest BCUT2D eigenvalue weighted by molar-refractivity contribution is 4.99. The summed E-state index contributed by atoms with van der Waals surface area (Å²) in [6.07, 6.45) is 7.01. The van der Waals surface area contributed by atoms with Crippen LogP contribution in [0.3, 0.4) is 0 Å². The largest absolute Gasteiger partial charge is 0.0654 e. The van der Waals surface area contributed by atoms with E-state index in [2.05, 4.69) is 13.8 Å². The molecule has 0 aliphatic heterocycles. The van der Waals surface area contributed by atoms with E-state index in [0.29, 0.717) is 0 Å². The molecule has 0 atom stereocenters. The van der Waals surface area contributed by atoms with E-state index < -0.39 is 0 Å². The fourth-order valence-corrected chi connectivity index (χ4v) is 1.45. The molecule has 0 aliphatic carbocycles. The van der Waals surface area contributed by atoms with Crippen molar-refractivity contribution < 1.29 is 0 Å². The molecule has 0 aromatic heterocycles. The van der Waals surface area contributed by atoms with Gasteiger partial charge in [0.2, 0.25) is 0 Å². The van der Waals surface area contributed by atoms with Crippen LogP contribution >= 0.6 is 0 Å². The molecule has 0 unspecified atom stereocenters. The second-order valence-corrected chi connectivity index (χ2v) is 4.37. The lowest BCUT2D eigenvalue weighted by molar-refractivity contribution is 0.656. The van der Waals surface area contributed by atoms with E-state index in [0.717, 1.165) is 0 Å². The van der Waals surface area contributed by atoms with Crippen molar-refractivity contribution in [3.63, 3.8) is 0 Å². The molecule has 0 saturated carbocycles. The van der Waals surface area contributed by atoms with Gasteiger partial charge >= 0.3 is 0 Å². The molecule has 104 valence electrons. The monoisotopic (exact) mass is 256 g/mol. The first-order valence-corrected chi connectivity index (χ1v) is 7.41. The van der Waals surface area contributed by atoms with Crippen molar-refractivity contribution in [3.05, 3.63) is 72.8 Å². The zero-order valence-electron chi connectivity index (χ0n) is 12.5. The normalized spacial score (nSPS) is 8.53. The van der Waals surface area contributed by atoms with Crippen LogP contribution in [-0.2, 0) is 0 Å². The number of rotatable bonds is 4. The SMILES string of the molecule is CCCCCCC.c1ccccc1.c1ccccc1. The molecule has 19 heavy (non-hydrogen) atoms. The summed E-state index contributed by atoms with van der Waals surface area (Å²) in [6, 6.07) is 24.0. The third-order valence-electron chi connectivity index (χ3n) is 2.54. The van der Waals surface area contributed by atoms with Crippen molar-refractivity contribution in [2.75, 3.05) is 0 Å². The maximum absolute atomic E-state index is 2.25. The Bertz CT molecular complexity index is 237. The predicted octanol–water partition coefficient (Wildman–Crippen LogP) is 6.35. The number of hydrogen-bond acceptors (Lipinski definition) is 0. The summed E-state index contributed by atoms with van der Waals surface area (Å²) in [5, 5.41) is 0. The van der Waals surface area contributed by atoms with Crippen LogP contribution in [0, 0.1) is 0 Å². The fourth-order valence-electron chi connectivity index (χ4n) is 1.45. The Morgan fingerprint density at radius 2 is 0.579 bits per heavy atom. The Balaban J connectivity index is 0.000000256. The maximum Gasteiger partial charge on any atom is -0.0533 e. The average molecular weight is 256 g/mol. The van der Waals surface area contributed by atoms with Crippen LogP contribution in [0.5, 0.6) is 0 Å². The second kappa shape index (κ2) is 16.4. The van der Waals surface area contributed by atoms with Crippen LogP contribution < -0.4 is 0 Å². The number of hydrogen-bond donors (Lipinski definition) is 0. The van der Waals surface area contributed by atoms with Gasteiger partial charge in [0.1, 0.15) is 0 Å². The lowest BCUT2D eigenvalue weighted by Gasteiger charge is -1.90. The molecule has 0 nitrogen and oxygen atoms in total. The molecular formula is C19H28. The number of unbranched alkanes of at least 4 members (excludes halogenated alkanes) is 4. The molecule has 0 amide bonds. The van der Waals surface area contributed by atoms with Crippen LogP contribution in [0.4, 0.5) is 0 Å². The van der Waals surface area contributed by atoms with Crippen molar-refractivity contribution in [1.82, 2.24) is 0 Å². The van der Waals surface area contributed by atoms with Crippen molar-refractivity contribution >= 4 is 0 Å². The summed E-state index contributed by atoms with van der Waals surface area (Å²) in [5.74, 6) is 0. The van der Waals surface area contributed by atoms with Crippen molar-refractivity contribution in [2.45, 2.75) is 46.0 Å². The first kappa shape index (κ1) is 17.4. The summed E-state index contributed by atoms with van der Waals surface area (Å²) in [5.41, 5.74) is 0. The van der Waals surface area contributed by atoms with Gasteiger partial charge in [-0.3, -0.25) is 0 Å². The maximum atomic E-state index is 2.25. The first-order chi connectivity index (χ1) is 9.41. The van der Waals surface area contributed by atoms with Crippen molar-refractivity contribution in [3.8, 4) is 0 Å². The minimum absolute atomic E-state index is 1.36. The van der Waals surface area contributed by atoms with Gasteiger partial charge in [-0.2, -0.15) is 0 Å². The van der Waals surface area contributed by atoms with E-state index in [1.165, 1.54) is 32.1 Å². The van der Waals surface area contributed by atoms with Crippen molar-refractivity contribution in [1.29, 1.82) is 0 Å². The molecule has 0 N–H and O–H groups in total. The molecule has 0 heterocycles. The lowest BCUT2D eigenvalue weighted by atomic mass is 10.2. The predicted molar refractivity (Wildman–Crippen MR) is 87.3 cm³/mol. The third-order valence-corrected chi connectivity index (χ3v) is 2.54. The van der Waals surface area contributed by atoms with Gasteiger partial charge in [0.25, 0.3) is 0 Å². The molecule has 2 aromatic rings. The molecule has 0 saturated heterocycles. The van der Waals surface area contributed by atoms with E-state index in [9.17, 15) is 0 Å². The minimum Gasteiger partial charge on any atom is -0.0654 e. The Morgan fingerprint density at radius 1 is 0.368 bits per heavy atom. The van der Waals surface area contributed by atoms with Crippen LogP contribution in [0.15, 0.2) is 72.8 Å². The van der Waals surface area contributed by atoms with Gasteiger partial charge in [-0.25, -0.2) is 0 Å². The Labute approximate surface area is 119 Å². The van der Waals surface area contributed by atoms with E-state index in [-0.39, 0.29) is 0 Å². The van der Waals surface area contributed by atoms with Crippen LogP contribution in [-0.4, -0.2) is 0 Å². The standard InChI is InChI=1S/C7H16.2C6H6/c1-3-5-7-6-4-2;2*1-2-4-6-5-3-1/h3-7H2,1-2H3;2*1-6H. The minimum atomic E-state index is 1.36. The molecular weight excluding hydrogens is 228 g/mol. The van der Waals surface area contributed by atoms with E-state index in [4.69, 9.17) is 0 Å².